The van der Waals surface area contributed by atoms with Gasteiger partial charge >= 0.3 is 0 Å². The Kier molecular flexibility index (Phi) is 3.19. The molecule has 0 unspecified atom stereocenters. The van der Waals surface area contributed by atoms with Crippen LogP contribution in [0.5, 0.6) is 0 Å². The highest BCUT2D eigenvalue weighted by atomic mass is 15.1. The molecule has 0 aliphatic rings. The Hall–Kier alpha value is -2.16. The number of hydrogen-bond donors (Lipinski definition) is 0. The standard InChI is InChI=1S/C14H15N3/c1-4-11(2)9-15-10-14-16-12-7-5-6-8-13(12)17(14)3/h4-8,10H,1-2,9H2,3H3. The Morgan fingerprint density at radius 3 is 2.94 bits per heavy atom. The fourth-order valence-corrected chi connectivity index (χ4v) is 1.59. The maximum Gasteiger partial charge on any atom is 0.151 e. The summed E-state index contributed by atoms with van der Waals surface area (Å²) in [4.78, 5) is 8.78. The van der Waals surface area contributed by atoms with Crippen molar-refractivity contribution in [3.8, 4) is 0 Å². The van der Waals surface area contributed by atoms with E-state index in [4.69, 9.17) is 0 Å². The molecule has 0 N–H and O–H groups in total. The summed E-state index contributed by atoms with van der Waals surface area (Å²) < 4.78 is 2.02. The van der Waals surface area contributed by atoms with Gasteiger partial charge in [-0.1, -0.05) is 31.4 Å². The van der Waals surface area contributed by atoms with E-state index in [1.807, 2.05) is 35.9 Å². The fourth-order valence-electron chi connectivity index (χ4n) is 1.59. The molecule has 0 aliphatic carbocycles. The van der Waals surface area contributed by atoms with Crippen molar-refractivity contribution in [2.45, 2.75) is 0 Å². The van der Waals surface area contributed by atoms with Crippen LogP contribution in [0, 0.1) is 0 Å². The Morgan fingerprint density at radius 2 is 2.24 bits per heavy atom. The maximum absolute atomic E-state index is 4.49. The van der Waals surface area contributed by atoms with Gasteiger partial charge in [-0.15, -0.1) is 0 Å². The minimum atomic E-state index is 0.562. The molecule has 0 saturated heterocycles. The van der Waals surface area contributed by atoms with Crippen molar-refractivity contribution in [1.82, 2.24) is 9.55 Å². The predicted molar refractivity (Wildman–Crippen MR) is 72.5 cm³/mol. The topological polar surface area (TPSA) is 30.2 Å². The van der Waals surface area contributed by atoms with Gasteiger partial charge in [0, 0.05) is 7.05 Å². The largest absolute Gasteiger partial charge is 0.326 e. The van der Waals surface area contributed by atoms with Crippen LogP contribution in [0.4, 0.5) is 0 Å². The SMILES string of the molecule is C=CC(=C)CN=Cc1nc2ccccc2n1C. The third-order valence-corrected chi connectivity index (χ3v) is 2.61. The Balaban J connectivity index is 2.27. The molecule has 0 radical (unpaired) electrons. The highest BCUT2D eigenvalue weighted by molar-refractivity contribution is 5.84. The fraction of sp³-hybridized carbons (Fsp3) is 0.143. The molecule has 2 aromatic rings. The molecule has 3 heteroatoms. The highest BCUT2D eigenvalue weighted by Gasteiger charge is 2.03. The third-order valence-electron chi connectivity index (χ3n) is 2.61. The van der Waals surface area contributed by atoms with Gasteiger partial charge in [-0.25, -0.2) is 4.98 Å². The normalized spacial score (nSPS) is 11.1. The summed E-state index contributed by atoms with van der Waals surface area (Å²) in [6.45, 7) is 8.02. The first-order valence-corrected chi connectivity index (χ1v) is 5.44. The van der Waals surface area contributed by atoms with Crippen LogP contribution < -0.4 is 0 Å². The van der Waals surface area contributed by atoms with Gasteiger partial charge in [-0.2, -0.15) is 0 Å². The molecule has 0 amide bonds. The molecule has 1 aromatic heterocycles. The first-order chi connectivity index (χ1) is 8.22. The second kappa shape index (κ2) is 4.78. The molecule has 0 bridgehead atoms. The summed E-state index contributed by atoms with van der Waals surface area (Å²) in [6.07, 6.45) is 3.49. The zero-order chi connectivity index (χ0) is 12.3. The summed E-state index contributed by atoms with van der Waals surface area (Å²) in [5.41, 5.74) is 3.00. The van der Waals surface area contributed by atoms with Crippen molar-refractivity contribution >= 4 is 17.2 Å². The van der Waals surface area contributed by atoms with Gasteiger partial charge < -0.3 is 4.57 Å². The number of fused-ring (bicyclic) bond motifs is 1. The van der Waals surface area contributed by atoms with Crippen LogP contribution in [0.25, 0.3) is 11.0 Å². The monoisotopic (exact) mass is 225 g/mol. The zero-order valence-corrected chi connectivity index (χ0v) is 9.93. The lowest BCUT2D eigenvalue weighted by atomic mass is 10.3. The zero-order valence-electron chi connectivity index (χ0n) is 9.93. The van der Waals surface area contributed by atoms with E-state index >= 15 is 0 Å². The van der Waals surface area contributed by atoms with Crippen molar-refractivity contribution in [3.63, 3.8) is 0 Å². The van der Waals surface area contributed by atoms with E-state index in [-0.39, 0.29) is 0 Å². The van der Waals surface area contributed by atoms with E-state index in [0.29, 0.717) is 6.54 Å². The summed E-state index contributed by atoms with van der Waals surface area (Å²) in [6, 6.07) is 8.03. The van der Waals surface area contributed by atoms with E-state index in [1.54, 1.807) is 12.3 Å². The lowest BCUT2D eigenvalue weighted by molar-refractivity contribution is 0.932. The van der Waals surface area contributed by atoms with Gasteiger partial charge in [0.1, 0.15) is 0 Å². The molecule has 17 heavy (non-hydrogen) atoms. The van der Waals surface area contributed by atoms with E-state index in [9.17, 15) is 0 Å². The van der Waals surface area contributed by atoms with E-state index in [2.05, 4.69) is 23.1 Å². The van der Waals surface area contributed by atoms with Crippen LogP contribution in [-0.2, 0) is 7.05 Å². The van der Waals surface area contributed by atoms with Crippen LogP contribution in [0.15, 0.2) is 54.1 Å². The highest BCUT2D eigenvalue weighted by Crippen LogP contribution is 2.12. The van der Waals surface area contributed by atoms with E-state index < -0.39 is 0 Å². The van der Waals surface area contributed by atoms with Gasteiger partial charge in [0.05, 0.1) is 23.8 Å². The van der Waals surface area contributed by atoms with Gasteiger partial charge in [0.25, 0.3) is 0 Å². The second-order valence-electron chi connectivity index (χ2n) is 3.85. The molecule has 0 saturated carbocycles. The number of aryl methyl sites for hydroxylation is 1. The lowest BCUT2D eigenvalue weighted by Gasteiger charge is -1.96. The van der Waals surface area contributed by atoms with Crippen molar-refractivity contribution in [1.29, 1.82) is 0 Å². The Bertz CT molecular complexity index is 591. The van der Waals surface area contributed by atoms with Gasteiger partial charge in [-0.05, 0) is 17.7 Å². The lowest BCUT2D eigenvalue weighted by Crippen LogP contribution is -1.96. The molecular weight excluding hydrogens is 210 g/mol. The molecular formula is C14H15N3. The smallest absolute Gasteiger partial charge is 0.151 e. The first kappa shape index (κ1) is 11.3. The van der Waals surface area contributed by atoms with Crippen LogP contribution in [0.3, 0.4) is 0 Å². The summed E-state index contributed by atoms with van der Waals surface area (Å²) in [5.74, 6) is 0.850. The molecule has 0 aliphatic heterocycles. The van der Waals surface area contributed by atoms with Crippen molar-refractivity contribution < 1.29 is 0 Å². The number of rotatable bonds is 4. The van der Waals surface area contributed by atoms with Crippen molar-refractivity contribution in [2.24, 2.45) is 12.0 Å². The van der Waals surface area contributed by atoms with Gasteiger partial charge in [0.15, 0.2) is 5.82 Å². The average molecular weight is 225 g/mol. The molecule has 1 heterocycles. The number of hydrogen-bond acceptors (Lipinski definition) is 2. The van der Waals surface area contributed by atoms with E-state index in [1.165, 1.54) is 0 Å². The minimum Gasteiger partial charge on any atom is -0.326 e. The molecule has 0 spiro atoms. The summed E-state index contributed by atoms with van der Waals surface area (Å²) >= 11 is 0. The van der Waals surface area contributed by atoms with Crippen LogP contribution in [0.1, 0.15) is 5.82 Å². The maximum atomic E-state index is 4.49. The average Bonchev–Trinajstić information content (AvgIpc) is 2.67. The predicted octanol–water partition coefficient (Wildman–Crippen LogP) is 2.73. The molecule has 3 nitrogen and oxygen atoms in total. The van der Waals surface area contributed by atoms with Crippen LogP contribution in [0.2, 0.25) is 0 Å². The molecule has 2 rings (SSSR count). The summed E-state index contributed by atoms with van der Waals surface area (Å²) in [7, 11) is 1.99. The number of benzene rings is 1. The molecule has 0 atom stereocenters. The summed E-state index contributed by atoms with van der Waals surface area (Å²) in [5, 5.41) is 0. The second-order valence-corrected chi connectivity index (χ2v) is 3.85. The molecule has 86 valence electrons. The van der Waals surface area contributed by atoms with Crippen LogP contribution in [-0.4, -0.2) is 22.3 Å². The van der Waals surface area contributed by atoms with Crippen molar-refractivity contribution in [2.75, 3.05) is 6.54 Å². The minimum absolute atomic E-state index is 0.562. The molecule has 1 aromatic carbocycles. The number of aliphatic imine (C=N–C) groups is 1. The number of nitrogens with zero attached hydrogens (tertiary/aromatic N) is 3. The number of para-hydroxylation sites is 2. The third kappa shape index (κ3) is 2.33. The Morgan fingerprint density at radius 1 is 1.47 bits per heavy atom. The van der Waals surface area contributed by atoms with Gasteiger partial charge in [0.2, 0.25) is 0 Å². The van der Waals surface area contributed by atoms with Gasteiger partial charge in [-0.3, -0.25) is 4.99 Å². The van der Waals surface area contributed by atoms with Crippen molar-refractivity contribution in [3.05, 3.63) is 54.9 Å². The van der Waals surface area contributed by atoms with Crippen LogP contribution >= 0.6 is 0 Å². The number of imidazole rings is 1. The quantitative estimate of drug-likeness (QED) is 0.581. The first-order valence-electron chi connectivity index (χ1n) is 5.44. The molecule has 0 fully saturated rings. The van der Waals surface area contributed by atoms with E-state index in [0.717, 1.165) is 22.4 Å². The number of aromatic nitrogens is 2. The Labute approximate surface area is 101 Å².